The van der Waals surface area contributed by atoms with Crippen LogP contribution in [0.5, 0.6) is 0 Å². The topological polar surface area (TPSA) is 29.3 Å². The van der Waals surface area contributed by atoms with Crippen molar-refractivity contribution in [1.29, 1.82) is 0 Å². The lowest BCUT2D eigenvalue weighted by Crippen LogP contribution is -2.43. The molecule has 1 fully saturated rings. The number of fused-ring (bicyclic) bond motifs is 1. The van der Waals surface area contributed by atoms with Gasteiger partial charge in [-0.1, -0.05) is 37.1 Å². The van der Waals surface area contributed by atoms with Crippen LogP contribution < -0.4 is 5.73 Å². The van der Waals surface area contributed by atoms with Crippen LogP contribution in [-0.2, 0) is 6.42 Å². The average Bonchev–Trinajstić information content (AvgIpc) is 2.79. The van der Waals surface area contributed by atoms with E-state index in [1.807, 2.05) is 0 Å². The Balaban J connectivity index is 1.82. The van der Waals surface area contributed by atoms with Crippen molar-refractivity contribution >= 4 is 0 Å². The summed E-state index contributed by atoms with van der Waals surface area (Å²) in [7, 11) is 0. The number of rotatable bonds is 1. The molecule has 1 aliphatic carbocycles. The minimum absolute atomic E-state index is 0.205. The Kier molecular flexibility index (Phi) is 4.19. The van der Waals surface area contributed by atoms with Gasteiger partial charge in [0.25, 0.3) is 0 Å². The van der Waals surface area contributed by atoms with Crippen molar-refractivity contribution in [3.05, 3.63) is 35.4 Å². The lowest BCUT2D eigenvalue weighted by Gasteiger charge is -2.34. The number of hydrogen-bond donors (Lipinski definition) is 1. The van der Waals surface area contributed by atoms with Crippen molar-refractivity contribution in [3.63, 3.8) is 0 Å². The van der Waals surface area contributed by atoms with Crippen LogP contribution in [0.4, 0.5) is 0 Å². The molecule has 2 N–H and O–H groups in total. The molecule has 1 aromatic carbocycles. The molecule has 1 saturated heterocycles. The molecule has 1 aliphatic heterocycles. The van der Waals surface area contributed by atoms with Gasteiger partial charge in [0, 0.05) is 12.1 Å². The molecule has 2 unspecified atom stereocenters. The summed E-state index contributed by atoms with van der Waals surface area (Å²) in [6.45, 7) is 2.50. The molecule has 0 radical (unpaired) electrons. The molecule has 2 aliphatic rings. The summed E-state index contributed by atoms with van der Waals surface area (Å²) in [6, 6.07) is 9.57. The largest absolute Gasteiger partial charge is 0.323 e. The smallest absolute Gasteiger partial charge is 0.0455 e. The summed E-state index contributed by atoms with van der Waals surface area (Å²) >= 11 is 0. The van der Waals surface area contributed by atoms with Gasteiger partial charge in [-0.05, 0) is 56.3 Å². The van der Waals surface area contributed by atoms with Crippen LogP contribution in [0.15, 0.2) is 24.3 Å². The van der Waals surface area contributed by atoms with E-state index in [-0.39, 0.29) is 6.04 Å². The molecule has 1 aromatic rings. The van der Waals surface area contributed by atoms with E-state index in [2.05, 4.69) is 29.2 Å². The van der Waals surface area contributed by atoms with Gasteiger partial charge in [-0.3, -0.25) is 4.90 Å². The fourth-order valence-corrected chi connectivity index (χ4v) is 3.81. The summed E-state index contributed by atoms with van der Waals surface area (Å²) in [5, 5.41) is 0. The quantitative estimate of drug-likeness (QED) is 0.783. The van der Waals surface area contributed by atoms with Gasteiger partial charge in [-0.2, -0.15) is 0 Å². The van der Waals surface area contributed by atoms with Gasteiger partial charge in [0.05, 0.1) is 0 Å². The van der Waals surface area contributed by atoms with Gasteiger partial charge in [0.15, 0.2) is 0 Å². The van der Waals surface area contributed by atoms with Crippen LogP contribution in [0.1, 0.15) is 55.7 Å². The third-order valence-electron chi connectivity index (χ3n) is 4.88. The zero-order valence-electron chi connectivity index (χ0n) is 11.9. The van der Waals surface area contributed by atoms with Crippen LogP contribution >= 0.6 is 0 Å². The van der Waals surface area contributed by atoms with Gasteiger partial charge in [0.1, 0.15) is 0 Å². The molecular formula is C17H26N2. The van der Waals surface area contributed by atoms with Crippen LogP contribution in [0, 0.1) is 0 Å². The highest BCUT2D eigenvalue weighted by Crippen LogP contribution is 2.31. The fraction of sp³-hybridized carbons (Fsp3) is 0.647. The first-order valence-corrected chi connectivity index (χ1v) is 7.94. The summed E-state index contributed by atoms with van der Waals surface area (Å²) in [5.74, 6) is 0. The predicted molar refractivity (Wildman–Crippen MR) is 80.1 cm³/mol. The number of hydrogen-bond acceptors (Lipinski definition) is 2. The number of nitrogens with zero attached hydrogens (tertiary/aromatic N) is 1. The van der Waals surface area contributed by atoms with E-state index in [4.69, 9.17) is 5.73 Å². The Morgan fingerprint density at radius 1 is 0.947 bits per heavy atom. The summed E-state index contributed by atoms with van der Waals surface area (Å²) < 4.78 is 0. The molecule has 2 heteroatoms. The monoisotopic (exact) mass is 258 g/mol. The Hall–Kier alpha value is -0.860. The minimum atomic E-state index is 0.205. The van der Waals surface area contributed by atoms with Crippen LogP contribution in [0.25, 0.3) is 0 Å². The maximum atomic E-state index is 6.63. The van der Waals surface area contributed by atoms with E-state index >= 15 is 0 Å². The van der Waals surface area contributed by atoms with Gasteiger partial charge >= 0.3 is 0 Å². The molecule has 104 valence electrons. The van der Waals surface area contributed by atoms with Crippen LogP contribution in [-0.4, -0.2) is 24.0 Å². The average molecular weight is 258 g/mol. The first-order chi connectivity index (χ1) is 9.36. The molecular weight excluding hydrogens is 232 g/mol. The van der Waals surface area contributed by atoms with Crippen molar-refractivity contribution in [1.82, 2.24) is 4.90 Å². The van der Waals surface area contributed by atoms with E-state index in [0.29, 0.717) is 6.04 Å². The second-order valence-corrected chi connectivity index (χ2v) is 6.13. The van der Waals surface area contributed by atoms with E-state index in [9.17, 15) is 0 Å². The maximum absolute atomic E-state index is 6.63. The van der Waals surface area contributed by atoms with Gasteiger partial charge < -0.3 is 5.73 Å². The van der Waals surface area contributed by atoms with Gasteiger partial charge in [-0.25, -0.2) is 0 Å². The van der Waals surface area contributed by atoms with Crippen molar-refractivity contribution in [2.75, 3.05) is 13.1 Å². The highest BCUT2D eigenvalue weighted by molar-refractivity contribution is 5.32. The molecule has 19 heavy (non-hydrogen) atoms. The summed E-state index contributed by atoms with van der Waals surface area (Å²) in [5.41, 5.74) is 9.51. The molecule has 2 atom stereocenters. The van der Waals surface area contributed by atoms with Crippen molar-refractivity contribution in [2.24, 2.45) is 5.73 Å². The zero-order valence-corrected chi connectivity index (χ0v) is 11.9. The summed E-state index contributed by atoms with van der Waals surface area (Å²) in [4.78, 5) is 2.68. The van der Waals surface area contributed by atoms with Crippen LogP contribution in [0.3, 0.4) is 0 Å². The lowest BCUT2D eigenvalue weighted by atomic mass is 9.96. The van der Waals surface area contributed by atoms with Crippen molar-refractivity contribution in [2.45, 2.75) is 57.0 Å². The molecule has 1 heterocycles. The number of likely N-dealkylation sites (tertiary alicyclic amines) is 1. The molecule has 0 aromatic heterocycles. The number of aryl methyl sites for hydroxylation is 1. The highest BCUT2D eigenvalue weighted by Gasteiger charge is 2.29. The molecule has 0 bridgehead atoms. The Morgan fingerprint density at radius 3 is 2.47 bits per heavy atom. The molecule has 2 nitrogen and oxygen atoms in total. The molecule has 0 spiro atoms. The lowest BCUT2D eigenvalue weighted by molar-refractivity contribution is 0.168. The molecule has 0 saturated carbocycles. The Morgan fingerprint density at radius 2 is 1.68 bits per heavy atom. The molecule has 3 rings (SSSR count). The predicted octanol–water partition coefficient (Wildman–Crippen LogP) is 3.27. The third kappa shape index (κ3) is 2.85. The SMILES string of the molecule is NC1c2ccccc2CCCC1N1CCCCCC1. The highest BCUT2D eigenvalue weighted by atomic mass is 15.2. The van der Waals surface area contributed by atoms with E-state index in [1.54, 1.807) is 0 Å². The van der Waals surface area contributed by atoms with E-state index in [1.165, 1.54) is 69.2 Å². The zero-order chi connectivity index (χ0) is 13.1. The van der Waals surface area contributed by atoms with E-state index in [0.717, 1.165) is 0 Å². The first kappa shape index (κ1) is 13.1. The van der Waals surface area contributed by atoms with Crippen molar-refractivity contribution in [3.8, 4) is 0 Å². The summed E-state index contributed by atoms with van der Waals surface area (Å²) in [6.07, 6.45) is 9.25. The molecule has 0 amide bonds. The second kappa shape index (κ2) is 6.06. The maximum Gasteiger partial charge on any atom is 0.0455 e. The van der Waals surface area contributed by atoms with Gasteiger partial charge in [0.2, 0.25) is 0 Å². The first-order valence-electron chi connectivity index (χ1n) is 7.94. The number of benzene rings is 1. The third-order valence-corrected chi connectivity index (χ3v) is 4.88. The number of nitrogens with two attached hydrogens (primary N) is 1. The van der Waals surface area contributed by atoms with E-state index < -0.39 is 0 Å². The Labute approximate surface area is 117 Å². The standard InChI is InChI=1S/C17H26N2/c18-17-15-10-4-3-8-14(15)9-7-11-16(17)19-12-5-1-2-6-13-19/h3-4,8,10,16-17H,1-2,5-7,9,11-13,18H2. The fourth-order valence-electron chi connectivity index (χ4n) is 3.81. The van der Waals surface area contributed by atoms with Crippen LogP contribution in [0.2, 0.25) is 0 Å². The minimum Gasteiger partial charge on any atom is -0.323 e. The normalized spacial score (nSPS) is 29.3. The Bertz CT molecular complexity index is 407. The van der Waals surface area contributed by atoms with Gasteiger partial charge in [-0.15, -0.1) is 0 Å². The van der Waals surface area contributed by atoms with Crippen molar-refractivity contribution < 1.29 is 0 Å². The second-order valence-electron chi connectivity index (χ2n) is 6.13.